The number of amides is 1. The first-order valence-electron chi connectivity index (χ1n) is 14.5. The van der Waals surface area contributed by atoms with E-state index < -0.39 is 0 Å². The molecule has 5 rings (SSSR count). The number of rotatable bonds is 8. The number of carbonyl (C=O) groups excluding carboxylic acids is 1. The summed E-state index contributed by atoms with van der Waals surface area (Å²) in [7, 11) is 0. The summed E-state index contributed by atoms with van der Waals surface area (Å²) in [5.41, 5.74) is 7.86. The van der Waals surface area contributed by atoms with Crippen LogP contribution in [-0.4, -0.2) is 65.5 Å². The molecule has 3 aliphatic heterocycles. The van der Waals surface area contributed by atoms with Gasteiger partial charge in [0, 0.05) is 50.4 Å². The van der Waals surface area contributed by atoms with Gasteiger partial charge in [0.05, 0.1) is 6.04 Å². The highest BCUT2D eigenvalue weighted by molar-refractivity contribution is 5.93. The summed E-state index contributed by atoms with van der Waals surface area (Å²) >= 11 is 0. The summed E-state index contributed by atoms with van der Waals surface area (Å²) in [6.07, 6.45) is 11.8. The Hall–Kier alpha value is -2.47. The lowest BCUT2D eigenvalue weighted by molar-refractivity contribution is 0.0750. The van der Waals surface area contributed by atoms with E-state index in [4.69, 9.17) is 0 Å². The molecule has 0 saturated carbocycles. The van der Waals surface area contributed by atoms with Gasteiger partial charge in [-0.3, -0.25) is 20.0 Å². The van der Waals surface area contributed by atoms with Gasteiger partial charge in [0.2, 0.25) is 0 Å². The van der Waals surface area contributed by atoms with Crippen molar-refractivity contribution in [2.24, 2.45) is 0 Å². The molecule has 3 saturated heterocycles. The van der Waals surface area contributed by atoms with Gasteiger partial charge in [-0.2, -0.15) is 0 Å². The summed E-state index contributed by atoms with van der Waals surface area (Å²) in [4.78, 5) is 18.4. The Kier molecular flexibility index (Phi) is 8.75. The number of carbonyl (C=O) groups is 1. The number of hydrogen-bond acceptors (Lipinski definition) is 4. The van der Waals surface area contributed by atoms with Gasteiger partial charge in [-0.25, -0.2) is 5.01 Å². The third-order valence-corrected chi connectivity index (χ3v) is 8.69. The van der Waals surface area contributed by atoms with E-state index >= 15 is 0 Å². The van der Waals surface area contributed by atoms with E-state index in [2.05, 4.69) is 76.2 Å². The van der Waals surface area contributed by atoms with Crippen molar-refractivity contribution in [2.75, 3.05) is 32.7 Å². The Morgan fingerprint density at radius 2 is 1.76 bits per heavy atom. The third-order valence-electron chi connectivity index (χ3n) is 8.69. The standard InChI is InChI=1S/C32H44N4O/c1-3-19-36-29-12-9-13-30(36)24-34(22-18-29)31(28-11-8-10-25(4-2)23-28)26-14-16-27(17-15-26)32(37)33-35-20-6-5-7-21-35/h3,8,10-11,14-17,23,29-31H,1,4-7,9,12-13,18-22,24H2,2H3,(H,33,37). The maximum Gasteiger partial charge on any atom is 0.265 e. The molecule has 2 aromatic rings. The van der Waals surface area contributed by atoms with Gasteiger partial charge < -0.3 is 0 Å². The third kappa shape index (κ3) is 6.17. The van der Waals surface area contributed by atoms with Crippen molar-refractivity contribution in [2.45, 2.75) is 76.4 Å². The molecule has 3 atom stereocenters. The molecular formula is C32H44N4O. The molecule has 198 valence electrons. The summed E-state index contributed by atoms with van der Waals surface area (Å²) in [6, 6.07) is 19.0. The zero-order valence-electron chi connectivity index (χ0n) is 22.6. The fraction of sp³-hybridized carbons (Fsp3) is 0.531. The van der Waals surface area contributed by atoms with Gasteiger partial charge in [0.1, 0.15) is 0 Å². The van der Waals surface area contributed by atoms with Crippen LogP contribution in [0.1, 0.15) is 85.0 Å². The lowest BCUT2D eigenvalue weighted by Gasteiger charge is -2.41. The molecule has 3 fully saturated rings. The average Bonchev–Trinajstić information content (AvgIpc) is 3.02. The number of nitrogens with one attached hydrogen (secondary N) is 1. The van der Waals surface area contributed by atoms with Crippen molar-refractivity contribution in [3.63, 3.8) is 0 Å². The minimum Gasteiger partial charge on any atom is -0.292 e. The van der Waals surface area contributed by atoms with Gasteiger partial charge in [-0.1, -0.05) is 62.2 Å². The molecule has 3 unspecified atom stereocenters. The van der Waals surface area contributed by atoms with Crippen molar-refractivity contribution in [1.82, 2.24) is 20.2 Å². The molecule has 2 bridgehead atoms. The molecule has 1 amide bonds. The van der Waals surface area contributed by atoms with Crippen LogP contribution in [0.15, 0.2) is 61.2 Å². The second-order valence-electron chi connectivity index (χ2n) is 11.1. The number of hydrogen-bond donors (Lipinski definition) is 1. The molecule has 0 spiro atoms. The monoisotopic (exact) mass is 500 g/mol. The van der Waals surface area contributed by atoms with Crippen molar-refractivity contribution in [3.8, 4) is 0 Å². The van der Waals surface area contributed by atoms with E-state index in [-0.39, 0.29) is 11.9 Å². The van der Waals surface area contributed by atoms with Crippen molar-refractivity contribution < 1.29 is 4.79 Å². The second kappa shape index (κ2) is 12.4. The van der Waals surface area contributed by atoms with Crippen molar-refractivity contribution >= 4 is 5.91 Å². The van der Waals surface area contributed by atoms with Gasteiger partial charge in [0.25, 0.3) is 5.91 Å². The first-order valence-corrected chi connectivity index (χ1v) is 14.5. The van der Waals surface area contributed by atoms with Gasteiger partial charge in [0.15, 0.2) is 0 Å². The molecule has 1 N–H and O–H groups in total. The smallest absolute Gasteiger partial charge is 0.265 e. The van der Waals surface area contributed by atoms with Gasteiger partial charge in [-0.05, 0) is 67.3 Å². The van der Waals surface area contributed by atoms with E-state index in [1.807, 2.05) is 12.1 Å². The normalized spacial score (nSPS) is 24.2. The quantitative estimate of drug-likeness (QED) is 0.480. The zero-order chi connectivity index (χ0) is 25.6. The Labute approximate surface area is 223 Å². The summed E-state index contributed by atoms with van der Waals surface area (Å²) in [6.45, 7) is 11.3. The van der Waals surface area contributed by atoms with Gasteiger partial charge in [-0.15, -0.1) is 6.58 Å². The van der Waals surface area contributed by atoms with E-state index in [1.165, 1.54) is 48.8 Å². The fourth-order valence-corrected chi connectivity index (χ4v) is 6.71. The lowest BCUT2D eigenvalue weighted by atomic mass is 9.93. The highest BCUT2D eigenvalue weighted by Gasteiger charge is 2.36. The van der Waals surface area contributed by atoms with Crippen LogP contribution in [0.25, 0.3) is 0 Å². The van der Waals surface area contributed by atoms with Crippen molar-refractivity contribution in [1.29, 1.82) is 0 Å². The second-order valence-corrected chi connectivity index (χ2v) is 11.1. The maximum absolute atomic E-state index is 12.9. The number of piperidine rings is 2. The van der Waals surface area contributed by atoms with Crippen LogP contribution in [0, 0.1) is 0 Å². The van der Waals surface area contributed by atoms with Crippen LogP contribution in [-0.2, 0) is 6.42 Å². The molecule has 37 heavy (non-hydrogen) atoms. The molecule has 5 nitrogen and oxygen atoms in total. The Bertz CT molecular complexity index is 1050. The first kappa shape index (κ1) is 26.1. The molecule has 2 aromatic carbocycles. The molecule has 3 aliphatic rings. The molecule has 0 radical (unpaired) electrons. The summed E-state index contributed by atoms with van der Waals surface area (Å²) in [5, 5.41) is 2.07. The highest BCUT2D eigenvalue weighted by atomic mass is 16.2. The van der Waals surface area contributed by atoms with Crippen LogP contribution >= 0.6 is 0 Å². The van der Waals surface area contributed by atoms with Crippen LogP contribution in [0.2, 0.25) is 0 Å². The number of aryl methyl sites for hydroxylation is 1. The van der Waals surface area contributed by atoms with Crippen LogP contribution in [0.3, 0.4) is 0 Å². The number of nitrogens with zero attached hydrogens (tertiary/aromatic N) is 3. The predicted octanol–water partition coefficient (Wildman–Crippen LogP) is 5.58. The minimum absolute atomic E-state index is 0.00150. The summed E-state index contributed by atoms with van der Waals surface area (Å²) in [5.74, 6) is 0.00150. The molecule has 0 aromatic heterocycles. The Morgan fingerprint density at radius 3 is 2.51 bits per heavy atom. The number of benzene rings is 2. The maximum atomic E-state index is 12.9. The predicted molar refractivity (Wildman–Crippen MR) is 152 cm³/mol. The van der Waals surface area contributed by atoms with Crippen LogP contribution in [0.4, 0.5) is 0 Å². The molecule has 0 aliphatic carbocycles. The lowest BCUT2D eigenvalue weighted by Crippen LogP contribution is -2.48. The summed E-state index contributed by atoms with van der Waals surface area (Å²) < 4.78 is 0. The van der Waals surface area contributed by atoms with E-state index in [0.717, 1.165) is 57.5 Å². The van der Waals surface area contributed by atoms with Gasteiger partial charge >= 0.3 is 0 Å². The molecule has 5 heteroatoms. The number of fused-ring (bicyclic) bond motifs is 2. The Morgan fingerprint density at radius 1 is 0.973 bits per heavy atom. The SMILES string of the molecule is C=CCN1C2CCCC1CN(C(c1ccc(C(=O)NN3CCCCC3)cc1)c1cccc(CC)c1)CC2. The topological polar surface area (TPSA) is 38.8 Å². The molecule has 3 heterocycles. The van der Waals surface area contributed by atoms with Crippen molar-refractivity contribution in [3.05, 3.63) is 83.4 Å². The molecular weight excluding hydrogens is 456 g/mol. The Balaban J connectivity index is 1.41. The van der Waals surface area contributed by atoms with E-state index in [0.29, 0.717) is 12.1 Å². The van der Waals surface area contributed by atoms with Crippen LogP contribution in [0.5, 0.6) is 0 Å². The average molecular weight is 501 g/mol. The minimum atomic E-state index is 0.00150. The van der Waals surface area contributed by atoms with E-state index in [9.17, 15) is 4.79 Å². The zero-order valence-corrected chi connectivity index (χ0v) is 22.6. The number of hydrazine groups is 1. The van der Waals surface area contributed by atoms with E-state index in [1.54, 1.807) is 0 Å². The first-order chi connectivity index (χ1) is 18.2. The highest BCUT2D eigenvalue weighted by Crippen LogP contribution is 2.36. The van der Waals surface area contributed by atoms with Crippen LogP contribution < -0.4 is 5.43 Å². The fourth-order valence-electron chi connectivity index (χ4n) is 6.71. The largest absolute Gasteiger partial charge is 0.292 e.